The number of benzene rings is 1. The molecule has 0 aromatic heterocycles. The van der Waals surface area contributed by atoms with Crippen LogP contribution in [0.15, 0.2) is 24.3 Å². The molecule has 32 heavy (non-hydrogen) atoms. The van der Waals surface area contributed by atoms with E-state index < -0.39 is 36.3 Å². The lowest BCUT2D eigenvalue weighted by atomic mass is 10.0. The SMILES string of the molecule is CCCC(C)NC(=O)C(c1ccc(C)cc1)N(CC)C(=O)C(CO)NC(=O)OC(C)(C)C. The summed E-state index contributed by atoms with van der Waals surface area (Å²) < 4.78 is 5.21. The number of hydrogen-bond donors (Lipinski definition) is 3. The number of aliphatic hydroxyl groups is 1. The molecule has 0 fully saturated rings. The van der Waals surface area contributed by atoms with Crippen LogP contribution in [0, 0.1) is 6.92 Å². The van der Waals surface area contributed by atoms with Gasteiger partial charge in [-0.25, -0.2) is 4.79 Å². The number of nitrogens with zero attached hydrogens (tertiary/aromatic N) is 1. The Morgan fingerprint density at radius 1 is 1.09 bits per heavy atom. The third kappa shape index (κ3) is 8.49. The van der Waals surface area contributed by atoms with Gasteiger partial charge in [-0.2, -0.15) is 0 Å². The maximum atomic E-state index is 13.3. The number of nitrogens with one attached hydrogen (secondary N) is 2. The Morgan fingerprint density at radius 2 is 1.69 bits per heavy atom. The van der Waals surface area contributed by atoms with Crippen LogP contribution in [0.1, 0.15) is 71.6 Å². The molecule has 0 radical (unpaired) electrons. The molecule has 3 amide bonds. The van der Waals surface area contributed by atoms with Crippen LogP contribution >= 0.6 is 0 Å². The molecule has 180 valence electrons. The number of carbonyl (C=O) groups excluding carboxylic acids is 3. The Labute approximate surface area is 191 Å². The highest BCUT2D eigenvalue weighted by molar-refractivity contribution is 5.92. The fourth-order valence-electron chi connectivity index (χ4n) is 3.35. The molecule has 0 spiro atoms. The van der Waals surface area contributed by atoms with Crippen molar-refractivity contribution in [2.24, 2.45) is 0 Å². The van der Waals surface area contributed by atoms with Crippen molar-refractivity contribution in [3.05, 3.63) is 35.4 Å². The predicted molar refractivity (Wildman–Crippen MR) is 124 cm³/mol. The molecule has 3 N–H and O–H groups in total. The molecular formula is C24H39N3O5. The minimum Gasteiger partial charge on any atom is -0.444 e. The maximum Gasteiger partial charge on any atom is 0.408 e. The highest BCUT2D eigenvalue weighted by Gasteiger charge is 2.35. The first kappa shape index (κ1) is 27.4. The van der Waals surface area contributed by atoms with Crippen LogP contribution in [0.3, 0.4) is 0 Å². The first-order valence-corrected chi connectivity index (χ1v) is 11.2. The van der Waals surface area contributed by atoms with E-state index in [1.165, 1.54) is 4.90 Å². The Kier molecular flexibility index (Phi) is 10.7. The number of aryl methyl sites for hydroxylation is 1. The smallest absolute Gasteiger partial charge is 0.408 e. The number of amides is 3. The highest BCUT2D eigenvalue weighted by Crippen LogP contribution is 2.23. The van der Waals surface area contributed by atoms with Gasteiger partial charge in [0.25, 0.3) is 0 Å². The monoisotopic (exact) mass is 449 g/mol. The molecule has 0 heterocycles. The third-order valence-corrected chi connectivity index (χ3v) is 4.86. The fourth-order valence-corrected chi connectivity index (χ4v) is 3.35. The summed E-state index contributed by atoms with van der Waals surface area (Å²) in [6, 6.07) is 5.20. The first-order chi connectivity index (χ1) is 14.9. The summed E-state index contributed by atoms with van der Waals surface area (Å²) in [6.07, 6.45) is 0.916. The third-order valence-electron chi connectivity index (χ3n) is 4.86. The number of ether oxygens (including phenoxy) is 1. The molecule has 0 aliphatic heterocycles. The molecule has 0 saturated heterocycles. The van der Waals surface area contributed by atoms with E-state index in [0.29, 0.717) is 5.56 Å². The lowest BCUT2D eigenvalue weighted by Gasteiger charge is -2.34. The van der Waals surface area contributed by atoms with Crippen molar-refractivity contribution < 1.29 is 24.2 Å². The van der Waals surface area contributed by atoms with Gasteiger partial charge in [0, 0.05) is 12.6 Å². The average Bonchev–Trinajstić information content (AvgIpc) is 2.69. The first-order valence-electron chi connectivity index (χ1n) is 11.2. The number of aliphatic hydroxyl groups excluding tert-OH is 1. The van der Waals surface area contributed by atoms with Gasteiger partial charge in [-0.15, -0.1) is 0 Å². The zero-order valence-electron chi connectivity index (χ0n) is 20.4. The van der Waals surface area contributed by atoms with Gasteiger partial charge in [0.15, 0.2) is 0 Å². The Bertz CT molecular complexity index is 758. The molecule has 0 bridgehead atoms. The normalized spacial score (nSPS) is 14.1. The number of carbonyl (C=O) groups is 3. The van der Waals surface area contributed by atoms with Gasteiger partial charge >= 0.3 is 6.09 Å². The molecule has 0 saturated carbocycles. The van der Waals surface area contributed by atoms with E-state index in [4.69, 9.17) is 4.74 Å². The second kappa shape index (κ2) is 12.4. The Balaban J connectivity index is 3.22. The predicted octanol–water partition coefficient (Wildman–Crippen LogP) is 3.08. The van der Waals surface area contributed by atoms with Crippen molar-refractivity contribution in [3.63, 3.8) is 0 Å². The van der Waals surface area contributed by atoms with Gasteiger partial charge in [-0.1, -0.05) is 43.2 Å². The molecule has 0 aliphatic rings. The van der Waals surface area contributed by atoms with E-state index in [1.807, 2.05) is 45.0 Å². The van der Waals surface area contributed by atoms with Crippen molar-refractivity contribution in [2.75, 3.05) is 13.2 Å². The Hall–Kier alpha value is -2.61. The van der Waals surface area contributed by atoms with E-state index in [2.05, 4.69) is 10.6 Å². The summed E-state index contributed by atoms with van der Waals surface area (Å²) in [6.45, 7) is 12.4. The molecule has 8 nitrogen and oxygen atoms in total. The van der Waals surface area contributed by atoms with Crippen LogP contribution in [0.5, 0.6) is 0 Å². The van der Waals surface area contributed by atoms with Crippen molar-refractivity contribution in [3.8, 4) is 0 Å². The lowest BCUT2D eigenvalue weighted by molar-refractivity contribution is -0.143. The fraction of sp³-hybridized carbons (Fsp3) is 0.625. The van der Waals surface area contributed by atoms with E-state index in [9.17, 15) is 19.5 Å². The second-order valence-electron chi connectivity index (χ2n) is 9.02. The van der Waals surface area contributed by atoms with E-state index >= 15 is 0 Å². The quantitative estimate of drug-likeness (QED) is 0.509. The highest BCUT2D eigenvalue weighted by atomic mass is 16.6. The molecule has 3 unspecified atom stereocenters. The molecular weight excluding hydrogens is 410 g/mol. The maximum absolute atomic E-state index is 13.3. The lowest BCUT2D eigenvalue weighted by Crippen LogP contribution is -2.54. The van der Waals surface area contributed by atoms with Crippen LogP contribution in [-0.2, 0) is 14.3 Å². The zero-order chi connectivity index (χ0) is 24.5. The van der Waals surface area contributed by atoms with Crippen LogP contribution in [0.2, 0.25) is 0 Å². The minimum absolute atomic E-state index is 0.0530. The van der Waals surface area contributed by atoms with E-state index in [-0.39, 0.29) is 18.5 Å². The van der Waals surface area contributed by atoms with Crippen molar-refractivity contribution in [1.82, 2.24) is 15.5 Å². The topological polar surface area (TPSA) is 108 Å². The van der Waals surface area contributed by atoms with Crippen LogP contribution < -0.4 is 10.6 Å². The van der Waals surface area contributed by atoms with Crippen molar-refractivity contribution >= 4 is 17.9 Å². The summed E-state index contributed by atoms with van der Waals surface area (Å²) in [5.74, 6) is -0.872. The summed E-state index contributed by atoms with van der Waals surface area (Å²) in [5, 5.41) is 15.2. The molecule has 1 rings (SSSR count). The molecule has 1 aromatic rings. The summed E-state index contributed by atoms with van der Waals surface area (Å²) >= 11 is 0. The van der Waals surface area contributed by atoms with Gasteiger partial charge in [-0.05, 0) is 53.5 Å². The second-order valence-corrected chi connectivity index (χ2v) is 9.02. The van der Waals surface area contributed by atoms with Gasteiger partial charge in [-0.3, -0.25) is 9.59 Å². The molecule has 3 atom stereocenters. The van der Waals surface area contributed by atoms with Gasteiger partial charge in [0.1, 0.15) is 17.7 Å². The van der Waals surface area contributed by atoms with Crippen LogP contribution in [0.25, 0.3) is 0 Å². The summed E-state index contributed by atoms with van der Waals surface area (Å²) in [4.78, 5) is 40.1. The number of likely N-dealkylation sites (N-methyl/N-ethyl adjacent to an activating group) is 1. The van der Waals surface area contributed by atoms with Crippen molar-refractivity contribution in [2.45, 2.75) is 85.0 Å². The van der Waals surface area contributed by atoms with Gasteiger partial charge < -0.3 is 25.4 Å². The summed E-state index contributed by atoms with van der Waals surface area (Å²) in [5.41, 5.74) is 0.930. The summed E-state index contributed by atoms with van der Waals surface area (Å²) in [7, 11) is 0. The number of hydrogen-bond acceptors (Lipinski definition) is 5. The van der Waals surface area contributed by atoms with Gasteiger partial charge in [0.05, 0.1) is 6.61 Å². The largest absolute Gasteiger partial charge is 0.444 e. The number of alkyl carbamates (subject to hydrolysis) is 1. The van der Waals surface area contributed by atoms with Crippen LogP contribution in [-0.4, -0.2) is 58.8 Å². The zero-order valence-corrected chi connectivity index (χ0v) is 20.4. The van der Waals surface area contributed by atoms with Crippen LogP contribution in [0.4, 0.5) is 4.79 Å². The van der Waals surface area contributed by atoms with Gasteiger partial charge in [0.2, 0.25) is 11.8 Å². The minimum atomic E-state index is -1.24. The molecule has 0 aliphatic carbocycles. The molecule has 8 heteroatoms. The Morgan fingerprint density at radius 3 is 2.16 bits per heavy atom. The average molecular weight is 450 g/mol. The number of rotatable bonds is 10. The standard InChI is InChI=1S/C24H39N3O5/c1-8-10-17(4)25-21(29)20(18-13-11-16(3)12-14-18)27(9-2)22(30)19(15-28)26-23(31)32-24(5,6)7/h11-14,17,19-20,28H,8-10,15H2,1-7H3,(H,25,29)(H,26,31). The molecule has 1 aromatic carbocycles. The van der Waals surface area contributed by atoms with E-state index in [1.54, 1.807) is 27.7 Å². The van der Waals surface area contributed by atoms with E-state index in [0.717, 1.165) is 18.4 Å². The van der Waals surface area contributed by atoms with Crippen molar-refractivity contribution in [1.29, 1.82) is 0 Å².